The summed E-state index contributed by atoms with van der Waals surface area (Å²) < 4.78 is 26.1. The largest absolute Gasteiger partial charge is 0.369 e. The van der Waals surface area contributed by atoms with E-state index in [0.717, 1.165) is 56.0 Å². The molecule has 1 aromatic heterocycles. The molecule has 2 N–H and O–H groups in total. The topological polar surface area (TPSA) is 80.5 Å². The molecular formula is C28H40F2N8. The summed E-state index contributed by atoms with van der Waals surface area (Å²) in [6.07, 6.45) is 4.14. The van der Waals surface area contributed by atoms with Crippen LogP contribution >= 0.6 is 0 Å². The van der Waals surface area contributed by atoms with E-state index in [1.807, 2.05) is 57.3 Å². The maximum absolute atomic E-state index is 13.3. The number of rotatable bonds is 9. The number of alkyl halides is 2. The number of pyridine rings is 1. The van der Waals surface area contributed by atoms with Crippen LogP contribution in [0.2, 0.25) is 0 Å². The summed E-state index contributed by atoms with van der Waals surface area (Å²) in [6.45, 7) is 12.2. The number of hydrogen-bond acceptors (Lipinski definition) is 5. The number of aryl methyl sites for hydroxylation is 1. The standard InChI is InChI=1S/C28H40F2N8/c1-5-37-13-6-14-38(16-15-37)24-8-10-26(32-20-24)36-28(31-12-11-29)33-19-23-7-9-25(22(4)17-23)35-27(18-30)34-21(2)3/h7-10,12,17,20-21H,5-6,11,13-16,18-19H2,1-4H3,(H,34,35)(H,32,33,36)/b31-12-. The van der Waals surface area contributed by atoms with Crippen molar-refractivity contribution >= 4 is 35.2 Å². The Bertz CT molecular complexity index is 1100. The number of likely N-dealkylation sites (N-methyl/N-ethyl adjacent to an activating group) is 1. The maximum atomic E-state index is 13.3. The van der Waals surface area contributed by atoms with E-state index in [9.17, 15) is 8.78 Å². The van der Waals surface area contributed by atoms with Crippen LogP contribution in [0, 0.1) is 6.92 Å². The molecule has 0 bridgehead atoms. The Labute approximate surface area is 225 Å². The highest BCUT2D eigenvalue weighted by Gasteiger charge is 2.14. The number of hydrogen-bond donors (Lipinski definition) is 2. The Hall–Kier alpha value is -3.40. The normalized spacial score (nSPS) is 15.8. The van der Waals surface area contributed by atoms with Crippen LogP contribution in [0.4, 0.5) is 26.0 Å². The molecule has 3 rings (SSSR count). The maximum Gasteiger partial charge on any atom is 0.223 e. The number of aromatic nitrogens is 1. The predicted octanol–water partition coefficient (Wildman–Crippen LogP) is 4.93. The van der Waals surface area contributed by atoms with Crippen molar-refractivity contribution in [1.29, 1.82) is 0 Å². The van der Waals surface area contributed by atoms with Gasteiger partial charge in [0.05, 0.1) is 24.1 Å². The third-order valence-electron chi connectivity index (χ3n) is 6.18. The summed E-state index contributed by atoms with van der Waals surface area (Å²) >= 11 is 0. The quantitative estimate of drug-likeness (QED) is 0.358. The van der Waals surface area contributed by atoms with Gasteiger partial charge in [0.1, 0.15) is 25.0 Å². The van der Waals surface area contributed by atoms with Gasteiger partial charge in [0.15, 0.2) is 0 Å². The molecule has 0 atom stereocenters. The lowest BCUT2D eigenvalue weighted by molar-refractivity contribution is 0.310. The Morgan fingerprint density at radius 3 is 2.63 bits per heavy atom. The molecule has 206 valence electrons. The Morgan fingerprint density at radius 1 is 1.13 bits per heavy atom. The van der Waals surface area contributed by atoms with Crippen molar-refractivity contribution in [3.05, 3.63) is 47.7 Å². The van der Waals surface area contributed by atoms with E-state index in [0.29, 0.717) is 23.9 Å². The first-order chi connectivity index (χ1) is 18.4. The fraction of sp³-hybridized carbons (Fsp3) is 0.500. The lowest BCUT2D eigenvalue weighted by atomic mass is 10.1. The molecule has 0 aliphatic carbocycles. The van der Waals surface area contributed by atoms with E-state index in [2.05, 4.69) is 47.3 Å². The highest BCUT2D eigenvalue weighted by Crippen LogP contribution is 2.21. The summed E-state index contributed by atoms with van der Waals surface area (Å²) in [6, 6.07) is 9.72. The van der Waals surface area contributed by atoms with Crippen molar-refractivity contribution in [1.82, 2.24) is 15.2 Å². The molecule has 10 heteroatoms. The van der Waals surface area contributed by atoms with E-state index >= 15 is 0 Å². The van der Waals surface area contributed by atoms with Crippen LogP contribution in [-0.4, -0.2) is 80.0 Å². The Balaban J connectivity index is 1.68. The lowest BCUT2D eigenvalue weighted by Gasteiger charge is -2.23. The molecule has 2 heterocycles. The highest BCUT2D eigenvalue weighted by molar-refractivity contribution is 5.97. The van der Waals surface area contributed by atoms with Gasteiger partial charge in [0.2, 0.25) is 5.96 Å². The number of halogens is 2. The van der Waals surface area contributed by atoms with Crippen molar-refractivity contribution < 1.29 is 8.78 Å². The minimum Gasteiger partial charge on any atom is -0.369 e. The van der Waals surface area contributed by atoms with Crippen LogP contribution in [0.1, 0.15) is 38.3 Å². The number of guanidine groups is 1. The van der Waals surface area contributed by atoms with Crippen molar-refractivity contribution in [3.63, 3.8) is 0 Å². The first-order valence-electron chi connectivity index (χ1n) is 13.2. The van der Waals surface area contributed by atoms with Crippen LogP contribution < -0.4 is 15.5 Å². The lowest BCUT2D eigenvalue weighted by Crippen LogP contribution is -2.31. The van der Waals surface area contributed by atoms with E-state index in [1.54, 1.807) is 0 Å². The van der Waals surface area contributed by atoms with Gasteiger partial charge in [0.25, 0.3) is 0 Å². The summed E-state index contributed by atoms with van der Waals surface area (Å²) in [5.41, 5.74) is 3.62. The van der Waals surface area contributed by atoms with Crippen LogP contribution in [0.25, 0.3) is 0 Å². The second-order valence-electron chi connectivity index (χ2n) is 9.52. The van der Waals surface area contributed by atoms with Crippen molar-refractivity contribution in [3.8, 4) is 0 Å². The SMILES string of the molecule is CCN1CCCN(c2ccc(NC(/N=C\CF)=N/Cc3ccc(/N=C(/CF)NC(C)C)c(C)c3)nc2)CC1. The summed E-state index contributed by atoms with van der Waals surface area (Å²) in [7, 11) is 0. The third-order valence-corrected chi connectivity index (χ3v) is 6.18. The van der Waals surface area contributed by atoms with Gasteiger partial charge < -0.3 is 20.4 Å². The molecule has 0 saturated carbocycles. The molecule has 8 nitrogen and oxygen atoms in total. The van der Waals surface area contributed by atoms with Crippen LogP contribution in [0.5, 0.6) is 0 Å². The minimum absolute atomic E-state index is 0.0981. The molecule has 0 amide bonds. The van der Waals surface area contributed by atoms with Gasteiger partial charge in [0, 0.05) is 31.9 Å². The van der Waals surface area contributed by atoms with Gasteiger partial charge in [-0.25, -0.2) is 28.7 Å². The van der Waals surface area contributed by atoms with Crippen molar-refractivity contribution in [2.75, 3.05) is 56.3 Å². The first-order valence-corrected chi connectivity index (χ1v) is 13.2. The molecule has 38 heavy (non-hydrogen) atoms. The third kappa shape index (κ3) is 9.16. The van der Waals surface area contributed by atoms with E-state index in [1.165, 1.54) is 6.21 Å². The summed E-state index contributed by atoms with van der Waals surface area (Å²) in [5, 5.41) is 6.12. The first kappa shape index (κ1) is 29.2. The minimum atomic E-state index is -0.691. The van der Waals surface area contributed by atoms with Gasteiger partial charge in [-0.15, -0.1) is 0 Å². The molecule has 0 unspecified atom stereocenters. The zero-order valence-electron chi connectivity index (χ0n) is 22.9. The van der Waals surface area contributed by atoms with Crippen molar-refractivity contribution in [2.45, 2.75) is 46.7 Å². The van der Waals surface area contributed by atoms with Gasteiger partial charge in [-0.05, 0) is 69.6 Å². The van der Waals surface area contributed by atoms with Gasteiger partial charge in [-0.3, -0.25) is 0 Å². The zero-order chi connectivity index (χ0) is 27.3. The fourth-order valence-corrected chi connectivity index (χ4v) is 4.23. The van der Waals surface area contributed by atoms with Gasteiger partial charge in [-0.1, -0.05) is 19.1 Å². The average Bonchev–Trinajstić information content (AvgIpc) is 3.17. The monoisotopic (exact) mass is 526 g/mol. The van der Waals surface area contributed by atoms with Crippen LogP contribution in [0.15, 0.2) is 51.5 Å². The number of nitrogens with zero attached hydrogens (tertiary/aromatic N) is 6. The zero-order valence-corrected chi connectivity index (χ0v) is 22.9. The van der Waals surface area contributed by atoms with E-state index in [4.69, 9.17) is 0 Å². The smallest absolute Gasteiger partial charge is 0.223 e. The molecule has 1 fully saturated rings. The van der Waals surface area contributed by atoms with Gasteiger partial charge >= 0.3 is 0 Å². The Kier molecular flexibility index (Phi) is 11.6. The second kappa shape index (κ2) is 15.1. The van der Waals surface area contributed by atoms with Crippen LogP contribution in [0.3, 0.4) is 0 Å². The number of benzene rings is 1. The molecule has 1 aromatic carbocycles. The number of anilines is 2. The molecule has 1 aliphatic rings. The molecule has 1 saturated heterocycles. The van der Waals surface area contributed by atoms with Crippen LogP contribution in [-0.2, 0) is 6.54 Å². The van der Waals surface area contributed by atoms with Gasteiger partial charge in [-0.2, -0.15) is 0 Å². The fourth-order valence-electron chi connectivity index (χ4n) is 4.23. The molecule has 2 aromatic rings. The summed E-state index contributed by atoms with van der Waals surface area (Å²) in [5.74, 6) is 1.17. The number of amidine groups is 1. The van der Waals surface area contributed by atoms with Crippen molar-refractivity contribution in [2.24, 2.45) is 15.0 Å². The number of nitrogens with one attached hydrogen (secondary N) is 2. The van der Waals surface area contributed by atoms with E-state index in [-0.39, 0.29) is 12.0 Å². The molecule has 0 radical (unpaired) electrons. The molecular weight excluding hydrogens is 486 g/mol. The number of aliphatic imine (C=N–C) groups is 3. The molecule has 0 spiro atoms. The second-order valence-corrected chi connectivity index (χ2v) is 9.52. The van der Waals surface area contributed by atoms with E-state index < -0.39 is 13.3 Å². The predicted molar refractivity (Wildman–Crippen MR) is 155 cm³/mol. The highest BCUT2D eigenvalue weighted by atomic mass is 19.1. The Morgan fingerprint density at radius 2 is 1.97 bits per heavy atom. The average molecular weight is 527 g/mol. The molecule has 1 aliphatic heterocycles. The summed E-state index contributed by atoms with van der Waals surface area (Å²) in [4.78, 5) is 22.4.